The molecule has 0 radical (unpaired) electrons. The summed E-state index contributed by atoms with van der Waals surface area (Å²) in [6.07, 6.45) is 2.07. The van der Waals surface area contributed by atoms with Crippen molar-refractivity contribution < 1.29 is 9.59 Å². The molecule has 0 fully saturated rings. The van der Waals surface area contributed by atoms with Gasteiger partial charge in [0.25, 0.3) is 11.8 Å². The van der Waals surface area contributed by atoms with Crippen LogP contribution in [0.2, 0.25) is 0 Å². The van der Waals surface area contributed by atoms with E-state index < -0.39 is 0 Å². The predicted octanol–water partition coefficient (Wildman–Crippen LogP) is 3.09. The van der Waals surface area contributed by atoms with Gasteiger partial charge in [0, 0.05) is 11.9 Å². The highest BCUT2D eigenvalue weighted by molar-refractivity contribution is 9.09. The van der Waals surface area contributed by atoms with Crippen molar-refractivity contribution in [2.45, 2.75) is 19.8 Å². The quantitative estimate of drug-likeness (QED) is 0.619. The van der Waals surface area contributed by atoms with Crippen LogP contribution in [0.25, 0.3) is 0 Å². The number of alkyl halides is 1. The summed E-state index contributed by atoms with van der Waals surface area (Å²) in [5.74, 6) is 0.0209. The third-order valence-electron chi connectivity index (χ3n) is 3.23. The zero-order valence-electron chi connectivity index (χ0n) is 10.4. The Hall–Kier alpha value is -1.16. The fourth-order valence-electron chi connectivity index (χ4n) is 2.29. The summed E-state index contributed by atoms with van der Waals surface area (Å²) in [6.45, 7) is 2.61. The van der Waals surface area contributed by atoms with Crippen molar-refractivity contribution in [2.24, 2.45) is 5.92 Å². The Morgan fingerprint density at radius 1 is 1.17 bits per heavy atom. The van der Waals surface area contributed by atoms with Crippen molar-refractivity contribution in [3.63, 3.8) is 0 Å². The summed E-state index contributed by atoms with van der Waals surface area (Å²) in [7, 11) is 0. The van der Waals surface area contributed by atoms with E-state index in [9.17, 15) is 9.59 Å². The van der Waals surface area contributed by atoms with Crippen LogP contribution in [0.3, 0.4) is 0 Å². The van der Waals surface area contributed by atoms with Crippen LogP contribution in [-0.4, -0.2) is 28.6 Å². The van der Waals surface area contributed by atoms with Crippen molar-refractivity contribution in [3.8, 4) is 0 Å². The van der Waals surface area contributed by atoms with Gasteiger partial charge in [0.15, 0.2) is 0 Å². The Bertz CT molecular complexity index is 438. The molecule has 0 aromatic heterocycles. The molecule has 1 aromatic carbocycles. The van der Waals surface area contributed by atoms with E-state index in [1.54, 1.807) is 24.3 Å². The molecule has 0 saturated heterocycles. The average Bonchev–Trinajstić information content (AvgIpc) is 2.64. The van der Waals surface area contributed by atoms with Gasteiger partial charge in [-0.3, -0.25) is 14.5 Å². The number of imide groups is 1. The first-order chi connectivity index (χ1) is 8.69. The van der Waals surface area contributed by atoms with E-state index in [0.717, 1.165) is 18.2 Å². The Balaban J connectivity index is 2.18. The molecule has 2 rings (SSSR count). The van der Waals surface area contributed by atoms with Gasteiger partial charge in [-0.1, -0.05) is 41.4 Å². The molecule has 0 spiro atoms. The minimum absolute atomic E-state index is 0.155. The van der Waals surface area contributed by atoms with Gasteiger partial charge in [0.05, 0.1) is 11.1 Å². The molecule has 3 nitrogen and oxygen atoms in total. The fraction of sp³-hybridized carbons (Fsp3) is 0.429. The van der Waals surface area contributed by atoms with Crippen LogP contribution in [0.15, 0.2) is 24.3 Å². The maximum atomic E-state index is 12.2. The van der Waals surface area contributed by atoms with Crippen LogP contribution in [0.1, 0.15) is 40.5 Å². The van der Waals surface area contributed by atoms with Crippen LogP contribution >= 0.6 is 15.9 Å². The summed E-state index contributed by atoms with van der Waals surface area (Å²) in [4.78, 5) is 25.7. The molecule has 1 atom stereocenters. The number of benzene rings is 1. The van der Waals surface area contributed by atoms with Crippen LogP contribution in [-0.2, 0) is 0 Å². The van der Waals surface area contributed by atoms with Gasteiger partial charge in [-0.2, -0.15) is 0 Å². The predicted molar refractivity (Wildman–Crippen MR) is 74.0 cm³/mol. The number of rotatable bonds is 5. The largest absolute Gasteiger partial charge is 0.274 e. The summed E-state index contributed by atoms with van der Waals surface area (Å²) < 4.78 is 0. The Kier molecular flexibility index (Phi) is 4.17. The van der Waals surface area contributed by atoms with Gasteiger partial charge < -0.3 is 0 Å². The summed E-state index contributed by atoms with van der Waals surface area (Å²) >= 11 is 3.45. The van der Waals surface area contributed by atoms with E-state index in [1.807, 2.05) is 0 Å². The van der Waals surface area contributed by atoms with E-state index >= 15 is 0 Å². The molecule has 1 aromatic rings. The SMILES string of the molecule is CCCC(CBr)CN1C(=O)c2ccccc2C1=O. The first-order valence-corrected chi connectivity index (χ1v) is 7.32. The molecule has 4 heteroatoms. The second kappa shape index (κ2) is 5.65. The molecule has 1 unspecified atom stereocenters. The molecule has 1 aliphatic rings. The second-order valence-corrected chi connectivity index (χ2v) is 5.22. The van der Waals surface area contributed by atoms with Crippen molar-refractivity contribution in [1.82, 2.24) is 4.90 Å². The number of carbonyl (C=O) groups is 2. The summed E-state index contributed by atoms with van der Waals surface area (Å²) in [6, 6.07) is 7.03. The second-order valence-electron chi connectivity index (χ2n) is 4.58. The molecule has 0 saturated carbocycles. The molecule has 2 amide bonds. The number of halogens is 1. The maximum absolute atomic E-state index is 12.2. The summed E-state index contributed by atoms with van der Waals surface area (Å²) in [5.41, 5.74) is 1.07. The average molecular weight is 310 g/mol. The molecule has 0 bridgehead atoms. The van der Waals surface area contributed by atoms with Crippen molar-refractivity contribution >= 4 is 27.7 Å². The molecular formula is C14H16BrNO2. The zero-order chi connectivity index (χ0) is 13.1. The number of fused-ring (bicyclic) bond motifs is 1. The standard InChI is InChI=1S/C14H16BrNO2/c1-2-5-10(8-15)9-16-13(17)11-6-3-4-7-12(11)14(16)18/h3-4,6-7,10H,2,5,8-9H2,1H3. The van der Waals surface area contributed by atoms with Gasteiger partial charge >= 0.3 is 0 Å². The summed E-state index contributed by atoms with van der Waals surface area (Å²) in [5, 5.41) is 0.814. The zero-order valence-corrected chi connectivity index (χ0v) is 11.9. The van der Waals surface area contributed by atoms with Crippen LogP contribution in [0.4, 0.5) is 0 Å². The number of hydrogen-bond acceptors (Lipinski definition) is 2. The van der Waals surface area contributed by atoms with Crippen molar-refractivity contribution in [2.75, 3.05) is 11.9 Å². The molecule has 96 valence electrons. The first kappa shape index (κ1) is 13.3. The third kappa shape index (κ3) is 2.34. The lowest BCUT2D eigenvalue weighted by Crippen LogP contribution is -2.35. The van der Waals surface area contributed by atoms with Crippen LogP contribution < -0.4 is 0 Å². The van der Waals surface area contributed by atoms with E-state index in [-0.39, 0.29) is 11.8 Å². The highest BCUT2D eigenvalue weighted by Crippen LogP contribution is 2.24. The van der Waals surface area contributed by atoms with Crippen molar-refractivity contribution in [3.05, 3.63) is 35.4 Å². The number of nitrogens with zero attached hydrogens (tertiary/aromatic N) is 1. The van der Waals surface area contributed by atoms with Gasteiger partial charge in [0.2, 0.25) is 0 Å². The highest BCUT2D eigenvalue weighted by Gasteiger charge is 2.35. The van der Waals surface area contributed by atoms with E-state index in [1.165, 1.54) is 4.90 Å². The third-order valence-corrected chi connectivity index (χ3v) is 4.15. The Morgan fingerprint density at radius 3 is 2.17 bits per heavy atom. The van der Waals surface area contributed by atoms with E-state index in [0.29, 0.717) is 23.6 Å². The number of carbonyl (C=O) groups excluding carboxylic acids is 2. The first-order valence-electron chi connectivity index (χ1n) is 6.20. The lowest BCUT2D eigenvalue weighted by atomic mass is 10.1. The molecule has 1 aliphatic heterocycles. The lowest BCUT2D eigenvalue weighted by molar-refractivity contribution is 0.0631. The van der Waals surface area contributed by atoms with Crippen molar-refractivity contribution in [1.29, 1.82) is 0 Å². The fourth-order valence-corrected chi connectivity index (χ4v) is 2.82. The Labute approximate surface area is 115 Å². The molecule has 0 N–H and O–H groups in total. The van der Waals surface area contributed by atoms with Gasteiger partial charge in [-0.15, -0.1) is 0 Å². The van der Waals surface area contributed by atoms with Crippen LogP contribution in [0, 0.1) is 5.92 Å². The van der Waals surface area contributed by atoms with Gasteiger partial charge in [-0.25, -0.2) is 0 Å². The molecule has 1 heterocycles. The minimum atomic E-state index is -0.155. The van der Waals surface area contributed by atoms with Gasteiger partial charge in [-0.05, 0) is 24.5 Å². The monoisotopic (exact) mass is 309 g/mol. The molecular weight excluding hydrogens is 294 g/mol. The smallest absolute Gasteiger partial charge is 0.261 e. The highest BCUT2D eigenvalue weighted by atomic mass is 79.9. The lowest BCUT2D eigenvalue weighted by Gasteiger charge is -2.20. The molecule has 18 heavy (non-hydrogen) atoms. The molecule has 0 aliphatic carbocycles. The topological polar surface area (TPSA) is 37.4 Å². The van der Waals surface area contributed by atoms with Crippen LogP contribution in [0.5, 0.6) is 0 Å². The van der Waals surface area contributed by atoms with Gasteiger partial charge in [0.1, 0.15) is 0 Å². The number of amides is 2. The van der Waals surface area contributed by atoms with E-state index in [4.69, 9.17) is 0 Å². The normalized spacial score (nSPS) is 16.0. The van der Waals surface area contributed by atoms with E-state index in [2.05, 4.69) is 22.9 Å². The maximum Gasteiger partial charge on any atom is 0.261 e. The Morgan fingerprint density at radius 2 is 1.72 bits per heavy atom. The minimum Gasteiger partial charge on any atom is -0.274 e. The number of hydrogen-bond donors (Lipinski definition) is 0.